The van der Waals surface area contributed by atoms with Gasteiger partial charge >= 0.3 is 0 Å². The average molecular weight is 313 g/mol. The molecule has 2 aromatic carbocycles. The maximum atomic E-state index is 11.9. The molecule has 0 saturated carbocycles. The van der Waals surface area contributed by atoms with E-state index in [-0.39, 0.29) is 25.2 Å². The molecule has 0 radical (unpaired) electrons. The third-order valence-electron chi connectivity index (χ3n) is 3.69. The molecule has 1 atom stereocenters. The van der Waals surface area contributed by atoms with Crippen LogP contribution in [0, 0.1) is 0 Å². The zero-order chi connectivity index (χ0) is 16.1. The van der Waals surface area contributed by atoms with E-state index >= 15 is 0 Å². The highest BCUT2D eigenvalue weighted by Gasteiger charge is 2.14. The van der Waals surface area contributed by atoms with Crippen LogP contribution >= 0.6 is 0 Å². The van der Waals surface area contributed by atoms with Gasteiger partial charge in [-0.1, -0.05) is 37.3 Å². The largest absolute Gasteiger partial charge is 0.484 e. The molecule has 1 amide bonds. The number of ether oxygens (including phenoxy) is 3. The van der Waals surface area contributed by atoms with Crippen LogP contribution in [0.2, 0.25) is 0 Å². The Morgan fingerprint density at radius 3 is 2.78 bits per heavy atom. The number of hydrogen-bond acceptors (Lipinski definition) is 4. The van der Waals surface area contributed by atoms with Crippen molar-refractivity contribution in [2.45, 2.75) is 12.8 Å². The minimum absolute atomic E-state index is 0.0266. The number of hydrogen-bond donors (Lipinski definition) is 1. The van der Waals surface area contributed by atoms with Gasteiger partial charge in [0.15, 0.2) is 18.1 Å². The highest BCUT2D eigenvalue weighted by Crippen LogP contribution is 2.34. The quantitative estimate of drug-likeness (QED) is 0.891. The van der Waals surface area contributed by atoms with E-state index in [1.165, 1.54) is 5.56 Å². The van der Waals surface area contributed by atoms with Crippen LogP contribution in [0.15, 0.2) is 48.5 Å². The van der Waals surface area contributed by atoms with Crippen LogP contribution in [0.1, 0.15) is 18.4 Å². The molecule has 0 aromatic heterocycles. The lowest BCUT2D eigenvalue weighted by Crippen LogP contribution is -2.31. The molecule has 0 saturated heterocycles. The molecule has 0 aliphatic carbocycles. The Morgan fingerprint density at radius 1 is 1.17 bits per heavy atom. The SMILES string of the molecule is C[C@H](CNC(=O)COc1ccc2c(c1)OCO2)c1ccccc1. The summed E-state index contributed by atoms with van der Waals surface area (Å²) in [6.07, 6.45) is 0. The lowest BCUT2D eigenvalue weighted by molar-refractivity contribution is -0.123. The van der Waals surface area contributed by atoms with E-state index in [4.69, 9.17) is 14.2 Å². The highest BCUT2D eigenvalue weighted by molar-refractivity contribution is 5.77. The van der Waals surface area contributed by atoms with Crippen LogP contribution in [0.3, 0.4) is 0 Å². The van der Waals surface area contributed by atoms with Crippen molar-refractivity contribution in [2.24, 2.45) is 0 Å². The molecule has 5 nitrogen and oxygen atoms in total. The molecule has 120 valence electrons. The second kappa shape index (κ2) is 7.05. The predicted octanol–water partition coefficient (Wildman–Crippen LogP) is 2.71. The maximum absolute atomic E-state index is 11.9. The molecule has 1 aliphatic heterocycles. The van der Waals surface area contributed by atoms with E-state index in [1.54, 1.807) is 18.2 Å². The third-order valence-corrected chi connectivity index (χ3v) is 3.69. The van der Waals surface area contributed by atoms with E-state index < -0.39 is 0 Å². The van der Waals surface area contributed by atoms with Crippen LogP contribution in [0.5, 0.6) is 17.2 Å². The molecule has 0 unspecified atom stereocenters. The average Bonchev–Trinajstić information content (AvgIpc) is 3.06. The van der Waals surface area contributed by atoms with Crippen LogP contribution in [-0.2, 0) is 4.79 Å². The predicted molar refractivity (Wildman–Crippen MR) is 85.9 cm³/mol. The summed E-state index contributed by atoms with van der Waals surface area (Å²) in [7, 11) is 0. The smallest absolute Gasteiger partial charge is 0.257 e. The fraction of sp³-hybridized carbons (Fsp3) is 0.278. The number of benzene rings is 2. The van der Waals surface area contributed by atoms with Crippen LogP contribution in [0.4, 0.5) is 0 Å². The summed E-state index contributed by atoms with van der Waals surface area (Å²) in [6.45, 7) is 2.85. The number of amides is 1. The molecular weight excluding hydrogens is 294 g/mol. The van der Waals surface area contributed by atoms with Crippen molar-refractivity contribution in [1.29, 1.82) is 0 Å². The number of carbonyl (C=O) groups is 1. The first-order chi connectivity index (χ1) is 11.2. The minimum Gasteiger partial charge on any atom is -0.484 e. The fourth-order valence-electron chi connectivity index (χ4n) is 2.33. The van der Waals surface area contributed by atoms with Gasteiger partial charge in [-0.15, -0.1) is 0 Å². The lowest BCUT2D eigenvalue weighted by atomic mass is 10.0. The number of rotatable bonds is 6. The van der Waals surface area contributed by atoms with Gasteiger partial charge in [-0.05, 0) is 23.6 Å². The van der Waals surface area contributed by atoms with Crippen LogP contribution in [0.25, 0.3) is 0 Å². The van der Waals surface area contributed by atoms with Gasteiger partial charge in [0, 0.05) is 12.6 Å². The van der Waals surface area contributed by atoms with Crippen molar-refractivity contribution in [2.75, 3.05) is 19.9 Å². The van der Waals surface area contributed by atoms with E-state index in [9.17, 15) is 4.79 Å². The van der Waals surface area contributed by atoms with Crippen molar-refractivity contribution in [3.8, 4) is 17.2 Å². The summed E-state index contributed by atoms with van der Waals surface area (Å²) in [5.41, 5.74) is 1.20. The van der Waals surface area contributed by atoms with Crippen molar-refractivity contribution in [3.63, 3.8) is 0 Å². The fourth-order valence-corrected chi connectivity index (χ4v) is 2.33. The summed E-state index contributed by atoms with van der Waals surface area (Å²) in [4.78, 5) is 11.9. The standard InChI is InChI=1S/C18H19NO4/c1-13(14-5-3-2-4-6-14)10-19-18(20)11-21-15-7-8-16-17(9-15)23-12-22-16/h2-9,13H,10-12H2,1H3,(H,19,20)/t13-/m1/s1. The van der Waals surface area contributed by atoms with E-state index in [0.717, 1.165) is 0 Å². The number of fused-ring (bicyclic) bond motifs is 1. The Kier molecular flexibility index (Phi) is 4.66. The van der Waals surface area contributed by atoms with Crippen molar-refractivity contribution < 1.29 is 19.0 Å². The minimum atomic E-state index is -0.148. The summed E-state index contributed by atoms with van der Waals surface area (Å²) < 4.78 is 16.0. The van der Waals surface area contributed by atoms with Gasteiger partial charge in [0.1, 0.15) is 5.75 Å². The van der Waals surface area contributed by atoms with Crippen LogP contribution in [-0.4, -0.2) is 25.9 Å². The number of nitrogens with one attached hydrogen (secondary N) is 1. The lowest BCUT2D eigenvalue weighted by Gasteiger charge is -2.13. The molecule has 0 spiro atoms. The van der Waals surface area contributed by atoms with E-state index in [1.807, 2.05) is 18.2 Å². The molecule has 1 heterocycles. The van der Waals surface area contributed by atoms with Gasteiger partial charge in [0.2, 0.25) is 6.79 Å². The third kappa shape index (κ3) is 3.94. The molecule has 0 bridgehead atoms. The topological polar surface area (TPSA) is 56.8 Å². The summed E-state index contributed by atoms with van der Waals surface area (Å²) in [5.74, 6) is 2.02. The Labute approximate surface area is 135 Å². The van der Waals surface area contributed by atoms with Crippen molar-refractivity contribution in [1.82, 2.24) is 5.32 Å². The second-order valence-corrected chi connectivity index (χ2v) is 5.42. The van der Waals surface area contributed by atoms with Crippen molar-refractivity contribution >= 4 is 5.91 Å². The zero-order valence-corrected chi connectivity index (χ0v) is 13.0. The van der Waals surface area contributed by atoms with Gasteiger partial charge in [0.05, 0.1) is 0 Å². The molecule has 5 heteroatoms. The van der Waals surface area contributed by atoms with Gasteiger partial charge in [-0.25, -0.2) is 0 Å². The normalized spacial score (nSPS) is 13.4. The maximum Gasteiger partial charge on any atom is 0.257 e. The van der Waals surface area contributed by atoms with Gasteiger partial charge in [-0.3, -0.25) is 4.79 Å². The van der Waals surface area contributed by atoms with Crippen LogP contribution < -0.4 is 19.5 Å². The van der Waals surface area contributed by atoms with Crippen molar-refractivity contribution in [3.05, 3.63) is 54.1 Å². The van der Waals surface area contributed by atoms with E-state index in [0.29, 0.717) is 23.8 Å². The monoisotopic (exact) mass is 313 g/mol. The molecule has 2 aromatic rings. The Hall–Kier alpha value is -2.69. The first kappa shape index (κ1) is 15.2. The van der Waals surface area contributed by atoms with Gasteiger partial charge in [-0.2, -0.15) is 0 Å². The summed E-state index contributed by atoms with van der Waals surface area (Å²) in [5, 5.41) is 2.88. The highest BCUT2D eigenvalue weighted by atomic mass is 16.7. The Morgan fingerprint density at radius 2 is 1.96 bits per heavy atom. The molecule has 1 aliphatic rings. The molecule has 23 heavy (non-hydrogen) atoms. The molecule has 1 N–H and O–H groups in total. The van der Waals surface area contributed by atoms with Gasteiger partial charge < -0.3 is 19.5 Å². The second-order valence-electron chi connectivity index (χ2n) is 5.42. The van der Waals surface area contributed by atoms with E-state index in [2.05, 4.69) is 24.4 Å². The zero-order valence-electron chi connectivity index (χ0n) is 13.0. The molecular formula is C18H19NO4. The summed E-state index contributed by atoms with van der Waals surface area (Å²) in [6, 6.07) is 15.3. The number of carbonyl (C=O) groups excluding carboxylic acids is 1. The first-order valence-corrected chi connectivity index (χ1v) is 7.56. The van der Waals surface area contributed by atoms with Gasteiger partial charge in [0.25, 0.3) is 5.91 Å². The molecule has 0 fully saturated rings. The summed E-state index contributed by atoms with van der Waals surface area (Å²) >= 11 is 0. The Bertz CT molecular complexity index is 672. The molecule has 3 rings (SSSR count). The Balaban J connectivity index is 1.45. The first-order valence-electron chi connectivity index (χ1n) is 7.56.